The first-order valence-electron chi connectivity index (χ1n) is 6.33. The fourth-order valence-electron chi connectivity index (χ4n) is 2.84. The number of carbonyl (C=O) groups is 1. The Morgan fingerprint density at radius 1 is 0.875 bits per heavy atom. The van der Waals surface area contributed by atoms with Crippen LogP contribution in [0.2, 0.25) is 0 Å². The molecule has 2 aliphatic carbocycles. The maximum absolute atomic E-state index is 11.0. The minimum atomic E-state index is -0.585. The summed E-state index contributed by atoms with van der Waals surface area (Å²) in [7, 11) is 0. The Hall–Kier alpha value is -1.05. The quantitative estimate of drug-likeness (QED) is 0.688. The fourth-order valence-corrected chi connectivity index (χ4v) is 2.84. The van der Waals surface area contributed by atoms with Crippen LogP contribution in [0.5, 0.6) is 0 Å². The third kappa shape index (κ3) is 2.75. The summed E-state index contributed by atoms with van der Waals surface area (Å²) in [6, 6.07) is 0. The van der Waals surface area contributed by atoms with Gasteiger partial charge in [-0.2, -0.15) is 0 Å². The van der Waals surface area contributed by atoms with Crippen LogP contribution in [0, 0.1) is 17.8 Å². The number of fused-ring (bicyclic) bond motifs is 1. The third-order valence-corrected chi connectivity index (χ3v) is 3.78. The van der Waals surface area contributed by atoms with Crippen molar-refractivity contribution in [3.63, 3.8) is 0 Å². The number of aliphatic carboxylic acids is 1. The molecule has 0 heterocycles. The third-order valence-electron chi connectivity index (χ3n) is 3.78. The van der Waals surface area contributed by atoms with Gasteiger partial charge in [-0.25, -0.2) is 0 Å². The molecule has 2 aliphatic rings. The lowest BCUT2D eigenvalue weighted by atomic mass is 10.1. The van der Waals surface area contributed by atoms with Crippen molar-refractivity contribution in [2.24, 2.45) is 17.8 Å². The van der Waals surface area contributed by atoms with Gasteiger partial charge in [-0.05, 0) is 50.4 Å². The molecule has 0 unspecified atom stereocenters. The van der Waals surface area contributed by atoms with Gasteiger partial charge in [0.25, 0.3) is 0 Å². The number of hydrogen-bond acceptors (Lipinski definition) is 1. The topological polar surface area (TPSA) is 37.3 Å². The van der Waals surface area contributed by atoms with Gasteiger partial charge in [0, 0.05) is 0 Å². The van der Waals surface area contributed by atoms with Crippen molar-refractivity contribution in [2.45, 2.75) is 38.5 Å². The number of rotatable bonds is 1. The predicted octanol–water partition coefficient (Wildman–Crippen LogP) is 3.40. The van der Waals surface area contributed by atoms with Crippen LogP contribution < -0.4 is 0 Å². The van der Waals surface area contributed by atoms with Gasteiger partial charge in [-0.15, -0.1) is 0 Å². The van der Waals surface area contributed by atoms with Gasteiger partial charge in [0.15, 0.2) is 0 Å². The highest BCUT2D eigenvalue weighted by molar-refractivity contribution is 5.74. The number of carboxylic acid groups (broad SMARTS) is 1. The van der Waals surface area contributed by atoms with Crippen LogP contribution in [0.3, 0.4) is 0 Å². The second kappa shape index (κ2) is 5.33. The minimum absolute atomic E-state index is 0.0532. The zero-order valence-electron chi connectivity index (χ0n) is 9.64. The van der Waals surface area contributed by atoms with Gasteiger partial charge < -0.3 is 5.11 Å². The van der Waals surface area contributed by atoms with E-state index in [0.29, 0.717) is 11.8 Å². The normalized spacial score (nSPS) is 38.6. The Morgan fingerprint density at radius 2 is 1.31 bits per heavy atom. The lowest BCUT2D eigenvalue weighted by Crippen LogP contribution is -2.00. The highest BCUT2D eigenvalue weighted by atomic mass is 16.4. The average Bonchev–Trinajstić information content (AvgIpc) is 2.91. The first kappa shape index (κ1) is 11.4. The molecule has 1 saturated carbocycles. The molecule has 0 spiro atoms. The van der Waals surface area contributed by atoms with Crippen LogP contribution in [0.15, 0.2) is 24.3 Å². The van der Waals surface area contributed by atoms with Crippen molar-refractivity contribution in [1.82, 2.24) is 0 Å². The van der Waals surface area contributed by atoms with E-state index in [1.807, 2.05) is 0 Å². The van der Waals surface area contributed by atoms with Gasteiger partial charge in [-0.3, -0.25) is 4.79 Å². The highest BCUT2D eigenvalue weighted by Gasteiger charge is 2.53. The van der Waals surface area contributed by atoms with Crippen LogP contribution in [-0.2, 0) is 4.79 Å². The molecular weight excluding hydrogens is 200 g/mol. The Kier molecular flexibility index (Phi) is 3.81. The van der Waals surface area contributed by atoms with Gasteiger partial charge in [0.2, 0.25) is 0 Å². The van der Waals surface area contributed by atoms with Crippen LogP contribution in [-0.4, -0.2) is 11.1 Å². The Bertz CT molecular complexity index is 280. The highest BCUT2D eigenvalue weighted by Crippen LogP contribution is 2.52. The Morgan fingerprint density at radius 3 is 1.75 bits per heavy atom. The Labute approximate surface area is 97.0 Å². The van der Waals surface area contributed by atoms with E-state index in [2.05, 4.69) is 24.3 Å². The molecule has 16 heavy (non-hydrogen) atoms. The average molecular weight is 220 g/mol. The maximum Gasteiger partial charge on any atom is 0.307 e. The van der Waals surface area contributed by atoms with E-state index in [1.165, 1.54) is 0 Å². The SMILES string of the molecule is O=C(O)C1[C@@H]2CC/C=C\CC/C=C\CC[C@@H]12. The first-order chi connectivity index (χ1) is 7.80. The summed E-state index contributed by atoms with van der Waals surface area (Å²) in [6.45, 7) is 0. The van der Waals surface area contributed by atoms with E-state index in [0.717, 1.165) is 38.5 Å². The summed E-state index contributed by atoms with van der Waals surface area (Å²) in [6.07, 6.45) is 15.3. The van der Waals surface area contributed by atoms with Crippen LogP contribution in [0.1, 0.15) is 38.5 Å². The summed E-state index contributed by atoms with van der Waals surface area (Å²) in [4.78, 5) is 11.0. The zero-order chi connectivity index (χ0) is 11.4. The largest absolute Gasteiger partial charge is 0.481 e. The van der Waals surface area contributed by atoms with Crippen molar-refractivity contribution in [3.05, 3.63) is 24.3 Å². The molecule has 0 aromatic rings. The Balaban J connectivity index is 1.92. The fraction of sp³-hybridized carbons (Fsp3) is 0.643. The first-order valence-corrected chi connectivity index (χ1v) is 6.33. The van der Waals surface area contributed by atoms with Crippen molar-refractivity contribution >= 4 is 5.97 Å². The summed E-state index contributed by atoms with van der Waals surface area (Å²) in [5.74, 6) is 0.241. The van der Waals surface area contributed by atoms with Gasteiger partial charge in [-0.1, -0.05) is 24.3 Å². The van der Waals surface area contributed by atoms with Gasteiger partial charge in [0.05, 0.1) is 5.92 Å². The standard InChI is InChI=1S/C14H20O2/c15-14(16)13-11-9-7-5-3-1-2-4-6-8-10-12(11)13/h3-6,11-13H,1-2,7-10H2,(H,15,16)/b5-3-,6-4-/t11-,12-/m1/s1. The van der Waals surface area contributed by atoms with E-state index in [4.69, 9.17) is 5.11 Å². The molecule has 0 bridgehead atoms. The lowest BCUT2D eigenvalue weighted by Gasteiger charge is -1.97. The van der Waals surface area contributed by atoms with Crippen LogP contribution in [0.4, 0.5) is 0 Å². The summed E-state index contributed by atoms with van der Waals surface area (Å²) in [5.41, 5.74) is 0. The second-order valence-corrected chi connectivity index (χ2v) is 4.87. The van der Waals surface area contributed by atoms with Crippen molar-refractivity contribution in [2.75, 3.05) is 0 Å². The van der Waals surface area contributed by atoms with Crippen molar-refractivity contribution in [3.8, 4) is 0 Å². The van der Waals surface area contributed by atoms with Gasteiger partial charge in [0.1, 0.15) is 0 Å². The molecule has 2 heteroatoms. The van der Waals surface area contributed by atoms with Gasteiger partial charge >= 0.3 is 5.97 Å². The molecule has 0 amide bonds. The van der Waals surface area contributed by atoms with Crippen LogP contribution in [0.25, 0.3) is 0 Å². The molecule has 0 aromatic heterocycles. The van der Waals surface area contributed by atoms with Crippen molar-refractivity contribution in [1.29, 1.82) is 0 Å². The number of allylic oxidation sites excluding steroid dienone is 4. The van der Waals surface area contributed by atoms with E-state index >= 15 is 0 Å². The zero-order valence-corrected chi connectivity index (χ0v) is 9.64. The molecule has 1 N–H and O–H groups in total. The second-order valence-electron chi connectivity index (χ2n) is 4.87. The smallest absolute Gasteiger partial charge is 0.307 e. The molecule has 0 aromatic carbocycles. The molecule has 2 rings (SSSR count). The molecule has 88 valence electrons. The maximum atomic E-state index is 11.0. The molecular formula is C14H20O2. The van der Waals surface area contributed by atoms with E-state index in [-0.39, 0.29) is 5.92 Å². The van der Waals surface area contributed by atoms with Crippen LogP contribution >= 0.6 is 0 Å². The molecule has 2 atom stereocenters. The number of hydrogen-bond donors (Lipinski definition) is 1. The lowest BCUT2D eigenvalue weighted by molar-refractivity contribution is -0.139. The minimum Gasteiger partial charge on any atom is -0.481 e. The van der Waals surface area contributed by atoms with E-state index in [9.17, 15) is 4.79 Å². The molecule has 0 aliphatic heterocycles. The molecule has 2 nitrogen and oxygen atoms in total. The summed E-state index contributed by atoms with van der Waals surface area (Å²) in [5, 5.41) is 9.08. The summed E-state index contributed by atoms with van der Waals surface area (Å²) >= 11 is 0. The number of carboxylic acids is 1. The van der Waals surface area contributed by atoms with Crippen molar-refractivity contribution < 1.29 is 9.90 Å². The predicted molar refractivity (Wildman–Crippen MR) is 64.1 cm³/mol. The molecule has 0 saturated heterocycles. The summed E-state index contributed by atoms with van der Waals surface area (Å²) < 4.78 is 0. The van der Waals surface area contributed by atoms with E-state index in [1.54, 1.807) is 0 Å². The van der Waals surface area contributed by atoms with E-state index < -0.39 is 5.97 Å². The molecule has 0 radical (unpaired) electrons. The molecule has 1 fully saturated rings. The monoisotopic (exact) mass is 220 g/mol.